The topological polar surface area (TPSA) is 71.2 Å². The van der Waals surface area contributed by atoms with Crippen LogP contribution in [-0.4, -0.2) is 29.1 Å². The number of hydrogen-bond donors (Lipinski definition) is 2. The summed E-state index contributed by atoms with van der Waals surface area (Å²) < 4.78 is 0. The van der Waals surface area contributed by atoms with Crippen LogP contribution in [-0.2, 0) is 10.3 Å². The van der Waals surface area contributed by atoms with Gasteiger partial charge in [0.1, 0.15) is 6.29 Å². The van der Waals surface area contributed by atoms with Crippen molar-refractivity contribution in [3.05, 3.63) is 90.3 Å². The Kier molecular flexibility index (Phi) is 4.03. The molecule has 1 amide bonds. The lowest BCUT2D eigenvalue weighted by atomic mass is 9.81. The molecule has 3 N–H and O–H groups in total. The molecule has 3 aromatic rings. The largest absolute Gasteiger partial charge is 0.315 e. The first kappa shape index (κ1) is 16.4. The Morgan fingerprint density at radius 3 is 2.38 bits per heavy atom. The van der Waals surface area contributed by atoms with Gasteiger partial charge in [-0.2, -0.15) is 0 Å². The molecule has 1 aliphatic rings. The monoisotopic (exact) mass is 344 g/mol. The van der Waals surface area contributed by atoms with E-state index in [2.05, 4.69) is 10.3 Å². The summed E-state index contributed by atoms with van der Waals surface area (Å²) in [7, 11) is 1.72. The Morgan fingerprint density at radius 1 is 1.00 bits per heavy atom. The average molecular weight is 344 g/mol. The van der Waals surface area contributed by atoms with Crippen LogP contribution in [0.5, 0.6) is 0 Å². The molecule has 2 atom stereocenters. The van der Waals surface area contributed by atoms with E-state index < -0.39 is 11.8 Å². The predicted octanol–water partition coefficient (Wildman–Crippen LogP) is 2.30. The number of carbonyl (C=O) groups excluding carboxylic acids is 1. The maximum atomic E-state index is 13.3. The van der Waals surface area contributed by atoms with E-state index in [9.17, 15) is 4.79 Å². The van der Waals surface area contributed by atoms with Gasteiger partial charge in [-0.15, -0.1) is 0 Å². The van der Waals surface area contributed by atoms with E-state index in [1.807, 2.05) is 72.9 Å². The van der Waals surface area contributed by atoms with Crippen molar-refractivity contribution in [3.63, 3.8) is 0 Å². The fraction of sp³-hybridized carbons (Fsp3) is 0.143. The van der Waals surface area contributed by atoms with E-state index in [0.29, 0.717) is 0 Å². The van der Waals surface area contributed by atoms with Crippen molar-refractivity contribution in [2.24, 2.45) is 5.73 Å². The SMILES string of the molecule is CN1C(=O)[C@@](c2ccccc2)(c2cccc(-c3cccnc3)c2)NC1N. The zero-order chi connectivity index (χ0) is 18.1. The van der Waals surface area contributed by atoms with Gasteiger partial charge >= 0.3 is 0 Å². The Morgan fingerprint density at radius 2 is 1.73 bits per heavy atom. The zero-order valence-electron chi connectivity index (χ0n) is 14.5. The molecule has 5 nitrogen and oxygen atoms in total. The van der Waals surface area contributed by atoms with Crippen molar-refractivity contribution in [1.82, 2.24) is 15.2 Å². The number of nitrogens with two attached hydrogens (primary N) is 1. The van der Waals surface area contributed by atoms with Gasteiger partial charge in [-0.3, -0.25) is 20.8 Å². The molecule has 26 heavy (non-hydrogen) atoms. The van der Waals surface area contributed by atoms with E-state index in [4.69, 9.17) is 5.73 Å². The molecule has 2 aromatic carbocycles. The Hall–Kier alpha value is -3.02. The number of nitrogens with one attached hydrogen (secondary N) is 1. The number of rotatable bonds is 3. The second-order valence-electron chi connectivity index (χ2n) is 6.44. The highest BCUT2D eigenvalue weighted by atomic mass is 16.2. The number of amides is 1. The average Bonchev–Trinajstić information content (AvgIpc) is 2.94. The third-order valence-electron chi connectivity index (χ3n) is 4.92. The minimum absolute atomic E-state index is 0.0699. The molecule has 0 bridgehead atoms. The maximum Gasteiger partial charge on any atom is 0.254 e. The molecule has 1 unspecified atom stereocenters. The van der Waals surface area contributed by atoms with E-state index in [1.165, 1.54) is 0 Å². The fourth-order valence-corrected chi connectivity index (χ4v) is 3.51. The summed E-state index contributed by atoms with van der Waals surface area (Å²) in [5.41, 5.74) is 8.87. The molecule has 0 radical (unpaired) electrons. The van der Waals surface area contributed by atoms with Crippen LogP contribution in [0.15, 0.2) is 79.1 Å². The summed E-state index contributed by atoms with van der Waals surface area (Å²) in [4.78, 5) is 19.0. The van der Waals surface area contributed by atoms with Crippen LogP contribution >= 0.6 is 0 Å². The molecule has 1 aromatic heterocycles. The van der Waals surface area contributed by atoms with Gasteiger partial charge in [-0.25, -0.2) is 0 Å². The summed E-state index contributed by atoms with van der Waals surface area (Å²) in [5.74, 6) is -0.0699. The molecule has 0 saturated carbocycles. The van der Waals surface area contributed by atoms with Gasteiger partial charge in [0, 0.05) is 19.4 Å². The minimum Gasteiger partial charge on any atom is -0.315 e. The number of benzene rings is 2. The van der Waals surface area contributed by atoms with Gasteiger partial charge < -0.3 is 4.90 Å². The van der Waals surface area contributed by atoms with Crippen LogP contribution in [0, 0.1) is 0 Å². The van der Waals surface area contributed by atoms with Crippen LogP contribution < -0.4 is 11.1 Å². The van der Waals surface area contributed by atoms with Crippen molar-refractivity contribution in [2.75, 3.05) is 7.05 Å². The lowest BCUT2D eigenvalue weighted by molar-refractivity contribution is -0.131. The second-order valence-corrected chi connectivity index (χ2v) is 6.44. The van der Waals surface area contributed by atoms with Crippen molar-refractivity contribution in [2.45, 2.75) is 11.8 Å². The number of carbonyl (C=O) groups is 1. The third kappa shape index (κ3) is 2.49. The van der Waals surface area contributed by atoms with Gasteiger partial charge in [-0.05, 0) is 34.4 Å². The van der Waals surface area contributed by atoms with Crippen LogP contribution in [0.1, 0.15) is 11.1 Å². The van der Waals surface area contributed by atoms with Gasteiger partial charge in [0.05, 0.1) is 0 Å². The summed E-state index contributed by atoms with van der Waals surface area (Å²) in [6.45, 7) is 0. The molecule has 5 heteroatoms. The van der Waals surface area contributed by atoms with E-state index in [-0.39, 0.29) is 5.91 Å². The van der Waals surface area contributed by atoms with Crippen LogP contribution in [0.2, 0.25) is 0 Å². The predicted molar refractivity (Wildman–Crippen MR) is 101 cm³/mol. The van der Waals surface area contributed by atoms with Gasteiger partial charge in [0.25, 0.3) is 5.91 Å². The van der Waals surface area contributed by atoms with Crippen molar-refractivity contribution in [3.8, 4) is 11.1 Å². The molecule has 4 rings (SSSR count). The van der Waals surface area contributed by atoms with Gasteiger partial charge in [0.2, 0.25) is 0 Å². The highest BCUT2D eigenvalue weighted by Gasteiger charge is 2.51. The van der Waals surface area contributed by atoms with Crippen molar-refractivity contribution >= 4 is 5.91 Å². The minimum atomic E-state index is -1.01. The molecular weight excluding hydrogens is 324 g/mol. The fourth-order valence-electron chi connectivity index (χ4n) is 3.51. The Bertz CT molecular complexity index is 929. The molecule has 0 aliphatic carbocycles. The number of likely N-dealkylation sites (N-methyl/N-ethyl adjacent to an activating group) is 1. The van der Waals surface area contributed by atoms with Crippen LogP contribution in [0.3, 0.4) is 0 Å². The summed E-state index contributed by atoms with van der Waals surface area (Å²) in [6.07, 6.45) is 3.01. The first-order valence-corrected chi connectivity index (χ1v) is 8.50. The van der Waals surface area contributed by atoms with Crippen LogP contribution in [0.25, 0.3) is 11.1 Å². The number of aromatic nitrogens is 1. The molecule has 1 saturated heterocycles. The summed E-state index contributed by atoms with van der Waals surface area (Å²) in [5, 5.41) is 3.32. The summed E-state index contributed by atoms with van der Waals surface area (Å²) in [6, 6.07) is 21.6. The second kappa shape index (κ2) is 6.37. The molecule has 2 heterocycles. The molecular formula is C21H20N4O. The highest BCUT2D eigenvalue weighted by Crippen LogP contribution is 2.37. The Labute approximate surface area is 152 Å². The van der Waals surface area contributed by atoms with Gasteiger partial charge in [-0.1, -0.05) is 54.6 Å². The quantitative estimate of drug-likeness (QED) is 0.765. The number of pyridine rings is 1. The summed E-state index contributed by atoms with van der Waals surface area (Å²) >= 11 is 0. The first-order chi connectivity index (χ1) is 12.6. The molecule has 1 aliphatic heterocycles. The normalized spacial score (nSPS) is 22.6. The Balaban J connectivity index is 1.91. The highest BCUT2D eigenvalue weighted by molar-refractivity contribution is 5.94. The van der Waals surface area contributed by atoms with Crippen molar-refractivity contribution in [1.29, 1.82) is 0 Å². The molecule has 0 spiro atoms. The standard InChI is InChI=1S/C21H20N4O/c1-25-19(26)21(24-20(25)22,17-9-3-2-4-10-17)18-11-5-7-15(13-18)16-8-6-12-23-14-16/h2-14,20,24H,22H2,1H3/t20?,21-/m1/s1. The lowest BCUT2D eigenvalue weighted by Crippen LogP contribution is -2.47. The molecule has 130 valence electrons. The van der Waals surface area contributed by atoms with Crippen molar-refractivity contribution < 1.29 is 4.79 Å². The zero-order valence-corrected chi connectivity index (χ0v) is 14.5. The maximum absolute atomic E-state index is 13.3. The van der Waals surface area contributed by atoms with Crippen LogP contribution in [0.4, 0.5) is 0 Å². The van der Waals surface area contributed by atoms with E-state index >= 15 is 0 Å². The first-order valence-electron chi connectivity index (χ1n) is 8.50. The smallest absolute Gasteiger partial charge is 0.254 e. The lowest BCUT2D eigenvalue weighted by Gasteiger charge is -2.29. The number of nitrogens with zero attached hydrogens (tertiary/aromatic N) is 2. The van der Waals surface area contributed by atoms with E-state index in [0.717, 1.165) is 22.3 Å². The third-order valence-corrected chi connectivity index (χ3v) is 4.92. The number of hydrogen-bond acceptors (Lipinski definition) is 4. The molecule has 1 fully saturated rings. The van der Waals surface area contributed by atoms with Gasteiger partial charge in [0.15, 0.2) is 5.54 Å². The van der Waals surface area contributed by atoms with E-state index in [1.54, 1.807) is 18.1 Å².